The highest BCUT2D eigenvalue weighted by atomic mass is 32.1. The molecule has 1 aliphatic rings. The smallest absolute Gasteiger partial charge is 0.253 e. The number of nitrogens with one attached hydrogen (secondary N) is 1. The number of aromatic amines is 1. The first-order valence-electron chi connectivity index (χ1n) is 6.37. The molecule has 1 aliphatic heterocycles. The van der Waals surface area contributed by atoms with Crippen LogP contribution in [0, 0.1) is 0 Å². The molecule has 5 heteroatoms. The van der Waals surface area contributed by atoms with E-state index < -0.39 is 0 Å². The largest absolute Gasteiger partial charge is 0.326 e. The van der Waals surface area contributed by atoms with Gasteiger partial charge in [-0.25, -0.2) is 0 Å². The minimum absolute atomic E-state index is 0.0517. The lowest BCUT2D eigenvalue weighted by molar-refractivity contribution is 0.309. The highest BCUT2D eigenvalue weighted by Crippen LogP contribution is 2.24. The lowest BCUT2D eigenvalue weighted by atomic mass is 10.0. The Morgan fingerprint density at radius 3 is 3.11 bits per heavy atom. The van der Waals surface area contributed by atoms with Crippen LogP contribution in [0.3, 0.4) is 0 Å². The number of pyridine rings is 1. The minimum Gasteiger partial charge on any atom is -0.326 e. The van der Waals surface area contributed by atoms with Crippen molar-refractivity contribution < 1.29 is 0 Å². The second kappa shape index (κ2) is 4.92. The van der Waals surface area contributed by atoms with E-state index in [0.29, 0.717) is 5.56 Å². The molecule has 2 aromatic rings. The number of aromatic nitrogens is 1. The van der Waals surface area contributed by atoms with Gasteiger partial charge in [-0.1, -0.05) is 6.07 Å². The van der Waals surface area contributed by atoms with Gasteiger partial charge in [-0.2, -0.15) is 0 Å². The molecule has 4 nitrogen and oxygen atoms in total. The van der Waals surface area contributed by atoms with Crippen molar-refractivity contribution >= 4 is 11.3 Å². The van der Waals surface area contributed by atoms with Crippen molar-refractivity contribution in [3.8, 4) is 0 Å². The van der Waals surface area contributed by atoms with Crippen LogP contribution >= 0.6 is 11.3 Å². The summed E-state index contributed by atoms with van der Waals surface area (Å²) in [5.74, 6) is 0. The summed E-state index contributed by atoms with van der Waals surface area (Å²) in [7, 11) is 2.09. The Balaban J connectivity index is 2.03. The third-order valence-corrected chi connectivity index (χ3v) is 4.57. The zero-order chi connectivity index (χ0) is 13.4. The molecule has 100 valence electrons. The molecule has 3 rings (SSSR count). The number of thiophene rings is 1. The van der Waals surface area contributed by atoms with Crippen LogP contribution in [0.5, 0.6) is 0 Å². The summed E-state index contributed by atoms with van der Waals surface area (Å²) in [5.41, 5.74) is 9.07. The molecule has 1 unspecified atom stereocenters. The molecule has 2 aromatic heterocycles. The fourth-order valence-electron chi connectivity index (χ4n) is 2.52. The normalized spacial score (nSPS) is 17.2. The average molecular weight is 275 g/mol. The van der Waals surface area contributed by atoms with Gasteiger partial charge >= 0.3 is 0 Å². The van der Waals surface area contributed by atoms with E-state index >= 15 is 0 Å². The fraction of sp³-hybridized carbons (Fsp3) is 0.357. The summed E-state index contributed by atoms with van der Waals surface area (Å²) in [5, 5.41) is 1.98. The van der Waals surface area contributed by atoms with Crippen molar-refractivity contribution in [2.24, 2.45) is 5.73 Å². The van der Waals surface area contributed by atoms with Gasteiger partial charge in [-0.3, -0.25) is 4.79 Å². The lowest BCUT2D eigenvalue weighted by Gasteiger charge is -2.25. The van der Waals surface area contributed by atoms with Crippen molar-refractivity contribution in [3.05, 3.63) is 55.6 Å². The van der Waals surface area contributed by atoms with Gasteiger partial charge in [-0.15, -0.1) is 11.3 Å². The summed E-state index contributed by atoms with van der Waals surface area (Å²) in [6.07, 6.45) is 0.898. The number of H-pyrrole nitrogens is 1. The molecule has 0 aromatic carbocycles. The highest BCUT2D eigenvalue weighted by Gasteiger charge is 2.19. The standard InChI is InChI=1S/C14H17N3OS/c1-17-5-4-11-9(8-17)7-10(14(18)16-11)13(15)12-3-2-6-19-12/h2-3,6-7,13H,4-5,8,15H2,1H3,(H,16,18). The maximum atomic E-state index is 12.2. The van der Waals surface area contributed by atoms with E-state index in [-0.39, 0.29) is 11.6 Å². The molecular formula is C14H17N3OS. The highest BCUT2D eigenvalue weighted by molar-refractivity contribution is 7.10. The van der Waals surface area contributed by atoms with Gasteiger partial charge in [-0.05, 0) is 30.1 Å². The van der Waals surface area contributed by atoms with Gasteiger partial charge in [0.1, 0.15) is 0 Å². The summed E-state index contributed by atoms with van der Waals surface area (Å²) in [6.45, 7) is 1.86. The van der Waals surface area contributed by atoms with E-state index in [0.717, 1.165) is 30.1 Å². The number of fused-ring (bicyclic) bond motifs is 1. The van der Waals surface area contributed by atoms with E-state index in [1.54, 1.807) is 11.3 Å². The van der Waals surface area contributed by atoms with E-state index in [1.165, 1.54) is 5.56 Å². The molecule has 0 aliphatic carbocycles. The quantitative estimate of drug-likeness (QED) is 0.872. The molecule has 3 N–H and O–H groups in total. The van der Waals surface area contributed by atoms with Gasteiger partial charge < -0.3 is 15.6 Å². The van der Waals surface area contributed by atoms with E-state index in [4.69, 9.17) is 5.73 Å². The second-order valence-electron chi connectivity index (χ2n) is 5.04. The Kier molecular flexibility index (Phi) is 3.26. The van der Waals surface area contributed by atoms with E-state index in [1.807, 2.05) is 23.6 Å². The second-order valence-corrected chi connectivity index (χ2v) is 6.02. The maximum Gasteiger partial charge on any atom is 0.253 e. The third-order valence-electron chi connectivity index (χ3n) is 3.61. The van der Waals surface area contributed by atoms with Gasteiger partial charge in [0, 0.05) is 35.6 Å². The first kappa shape index (κ1) is 12.6. The number of rotatable bonds is 2. The van der Waals surface area contributed by atoms with E-state index in [2.05, 4.69) is 16.9 Å². The molecule has 0 radical (unpaired) electrons. The molecule has 0 bridgehead atoms. The zero-order valence-corrected chi connectivity index (χ0v) is 11.7. The third kappa shape index (κ3) is 2.36. The number of nitrogens with zero attached hydrogens (tertiary/aromatic N) is 1. The Morgan fingerprint density at radius 2 is 2.37 bits per heavy atom. The number of likely N-dealkylation sites (N-methyl/N-ethyl adjacent to an activating group) is 1. The van der Waals surface area contributed by atoms with Crippen molar-refractivity contribution in [2.45, 2.75) is 19.0 Å². The van der Waals surface area contributed by atoms with Crippen LogP contribution in [0.15, 0.2) is 28.4 Å². The molecule has 19 heavy (non-hydrogen) atoms. The first-order chi connectivity index (χ1) is 9.15. The number of hydrogen-bond acceptors (Lipinski definition) is 4. The molecule has 1 atom stereocenters. The Morgan fingerprint density at radius 1 is 1.53 bits per heavy atom. The van der Waals surface area contributed by atoms with Crippen molar-refractivity contribution in [1.29, 1.82) is 0 Å². The fourth-order valence-corrected chi connectivity index (χ4v) is 3.26. The van der Waals surface area contributed by atoms with Crippen LogP contribution < -0.4 is 11.3 Å². The van der Waals surface area contributed by atoms with Crippen LogP contribution in [0.25, 0.3) is 0 Å². The summed E-state index contributed by atoms with van der Waals surface area (Å²) in [4.78, 5) is 18.4. The molecule has 0 saturated carbocycles. The minimum atomic E-state index is -0.332. The molecule has 0 fully saturated rings. The predicted molar refractivity (Wildman–Crippen MR) is 77.5 cm³/mol. The molecule has 3 heterocycles. The Hall–Kier alpha value is -1.43. The zero-order valence-electron chi connectivity index (χ0n) is 10.8. The van der Waals surface area contributed by atoms with Crippen LogP contribution in [0.4, 0.5) is 0 Å². The van der Waals surface area contributed by atoms with Crippen LogP contribution in [-0.2, 0) is 13.0 Å². The monoisotopic (exact) mass is 275 g/mol. The van der Waals surface area contributed by atoms with Gasteiger partial charge in [0.15, 0.2) is 0 Å². The van der Waals surface area contributed by atoms with Gasteiger partial charge in [0.05, 0.1) is 6.04 Å². The first-order valence-corrected chi connectivity index (χ1v) is 7.25. The van der Waals surface area contributed by atoms with Gasteiger partial charge in [0.25, 0.3) is 5.56 Å². The molecule has 0 amide bonds. The summed E-state index contributed by atoms with van der Waals surface area (Å²) in [6, 6.07) is 5.58. The topological polar surface area (TPSA) is 62.1 Å². The predicted octanol–water partition coefficient (Wildman–Crippen LogP) is 1.47. The average Bonchev–Trinajstić information content (AvgIpc) is 2.91. The molecular weight excluding hydrogens is 258 g/mol. The Labute approximate surface area is 115 Å². The molecule has 0 saturated heterocycles. The number of nitrogens with two attached hydrogens (primary N) is 1. The summed E-state index contributed by atoms with van der Waals surface area (Å²) < 4.78 is 0. The Bertz CT molecular complexity index is 633. The SMILES string of the molecule is CN1CCc2[nH]c(=O)c(C(N)c3cccs3)cc2C1. The maximum absolute atomic E-state index is 12.2. The van der Waals surface area contributed by atoms with E-state index in [9.17, 15) is 4.79 Å². The number of hydrogen-bond donors (Lipinski definition) is 2. The van der Waals surface area contributed by atoms with Crippen molar-refractivity contribution in [2.75, 3.05) is 13.6 Å². The van der Waals surface area contributed by atoms with Crippen molar-refractivity contribution in [1.82, 2.24) is 9.88 Å². The van der Waals surface area contributed by atoms with Crippen LogP contribution in [-0.4, -0.2) is 23.5 Å². The molecule has 0 spiro atoms. The van der Waals surface area contributed by atoms with Crippen LogP contribution in [0.2, 0.25) is 0 Å². The van der Waals surface area contributed by atoms with Crippen LogP contribution in [0.1, 0.15) is 27.7 Å². The van der Waals surface area contributed by atoms with Crippen molar-refractivity contribution in [3.63, 3.8) is 0 Å². The summed E-state index contributed by atoms with van der Waals surface area (Å²) >= 11 is 1.58. The van der Waals surface area contributed by atoms with Gasteiger partial charge in [0.2, 0.25) is 0 Å². The lowest BCUT2D eigenvalue weighted by Crippen LogP contribution is -2.31.